The molecule has 27 heavy (non-hydrogen) atoms. The molecule has 1 aromatic carbocycles. The number of hydrogen-bond donors (Lipinski definition) is 4. The molecular formula is C19H25N3O5. The molecular weight excluding hydrogens is 350 g/mol. The molecule has 0 radical (unpaired) electrons. The standard InChI is InChI=1S/C19H25N3O5/c1-3-4-8-15(18(24)25)21-17(23)16(22-19(26)27-2)10-12-11-20-14-9-6-5-7-13(12)14/h5-7,9,11,15-16,20H,3-4,8,10H2,1-2H3,(H,21,23)(H,22,26)(H,24,25)/t15-,16-/m0/s1/i/hD. The number of nitrogens with one attached hydrogen (secondary N) is 3. The molecule has 2 rings (SSSR count). The molecule has 1 heterocycles. The van der Waals surface area contributed by atoms with Crippen molar-refractivity contribution >= 4 is 28.9 Å². The van der Waals surface area contributed by atoms with Crippen LogP contribution in [0.1, 0.15) is 31.7 Å². The van der Waals surface area contributed by atoms with Crippen LogP contribution in [0.4, 0.5) is 4.79 Å². The maximum absolute atomic E-state index is 12.8. The second kappa shape index (κ2) is 9.61. The highest BCUT2D eigenvalue weighted by Crippen LogP contribution is 2.19. The summed E-state index contributed by atoms with van der Waals surface area (Å²) in [6, 6.07) is 5.13. The number of methoxy groups -OCH3 is 1. The predicted molar refractivity (Wildman–Crippen MR) is 100 cm³/mol. The van der Waals surface area contributed by atoms with E-state index in [0.29, 0.717) is 11.7 Å². The molecule has 0 fully saturated rings. The van der Waals surface area contributed by atoms with Crippen LogP contribution in [0.25, 0.3) is 10.9 Å². The molecule has 2 aromatic rings. The van der Waals surface area contributed by atoms with E-state index < -0.39 is 30.1 Å². The summed E-state index contributed by atoms with van der Waals surface area (Å²) in [6.07, 6.45) is 2.43. The lowest BCUT2D eigenvalue weighted by Gasteiger charge is -2.21. The summed E-state index contributed by atoms with van der Waals surface area (Å²) in [5.41, 5.74) is 1.59. The number of H-pyrrole nitrogens is 1. The minimum Gasteiger partial charge on any atom is -0.480 e. The van der Waals surface area contributed by atoms with Crippen molar-refractivity contribution < 1.29 is 25.6 Å². The molecule has 4 N–H and O–H groups in total. The lowest BCUT2D eigenvalue weighted by Crippen LogP contribution is -2.52. The van der Waals surface area contributed by atoms with E-state index in [0.717, 1.165) is 30.0 Å². The largest absolute Gasteiger partial charge is 0.480 e. The molecule has 0 spiro atoms. The number of carboxylic acid groups (broad SMARTS) is 1. The lowest BCUT2D eigenvalue weighted by molar-refractivity contribution is -0.142. The molecule has 146 valence electrons. The normalized spacial score (nSPS) is 13.5. The molecule has 0 bridgehead atoms. The van der Waals surface area contributed by atoms with Gasteiger partial charge in [-0.2, -0.15) is 0 Å². The van der Waals surface area contributed by atoms with Crippen molar-refractivity contribution in [2.45, 2.75) is 44.7 Å². The summed E-state index contributed by atoms with van der Waals surface area (Å²) in [6.45, 7) is 1.92. The van der Waals surface area contributed by atoms with E-state index in [9.17, 15) is 19.5 Å². The van der Waals surface area contributed by atoms with E-state index >= 15 is 0 Å². The Kier molecular flexibility index (Phi) is 6.67. The molecule has 0 saturated heterocycles. The van der Waals surface area contributed by atoms with Crippen molar-refractivity contribution in [3.8, 4) is 0 Å². The molecule has 2 atom stereocenters. The number of alkyl carbamates (subject to hydrolysis) is 1. The predicted octanol–water partition coefficient (Wildman–Crippen LogP) is 2.19. The number of unbranched alkanes of at least 4 members (excludes halogenated alkanes) is 1. The van der Waals surface area contributed by atoms with Gasteiger partial charge in [-0.3, -0.25) is 4.79 Å². The van der Waals surface area contributed by atoms with Gasteiger partial charge in [0.25, 0.3) is 0 Å². The van der Waals surface area contributed by atoms with Crippen LogP contribution in [0.2, 0.25) is 1.41 Å². The number of carboxylic acids is 1. The smallest absolute Gasteiger partial charge is 0.407 e. The summed E-state index contributed by atoms with van der Waals surface area (Å²) in [4.78, 5) is 39.2. The Bertz CT molecular complexity index is 838. The number of carbonyl (C=O) groups excluding carboxylic acids is 2. The zero-order valence-electron chi connectivity index (χ0n) is 16.4. The number of ether oxygens (including phenoxy) is 1. The van der Waals surface area contributed by atoms with E-state index in [1.165, 1.54) is 0 Å². The SMILES string of the molecule is [2H]N(C(=O)OC)[C@@H](Cc1c[nH]c2ccccc12)C(=O)N[C@@H](CCCC)C(=O)O. The number of aromatic amines is 1. The van der Waals surface area contributed by atoms with Gasteiger partial charge in [-0.15, -0.1) is 0 Å². The third-order valence-corrected chi connectivity index (χ3v) is 4.29. The van der Waals surface area contributed by atoms with E-state index in [-0.39, 0.29) is 12.8 Å². The summed E-state index contributed by atoms with van der Waals surface area (Å²) >= 11 is 0. The fraction of sp³-hybridized carbons (Fsp3) is 0.421. The number of fused-ring (bicyclic) bond motifs is 1. The van der Waals surface area contributed by atoms with Gasteiger partial charge < -0.3 is 25.5 Å². The van der Waals surface area contributed by atoms with Gasteiger partial charge in [0.1, 0.15) is 12.1 Å². The van der Waals surface area contributed by atoms with Crippen LogP contribution in [-0.4, -0.2) is 47.3 Å². The number of aliphatic carboxylic acids is 1. The van der Waals surface area contributed by atoms with Crippen molar-refractivity contribution in [1.29, 1.82) is 0 Å². The quantitative estimate of drug-likeness (QED) is 0.535. The fourth-order valence-corrected chi connectivity index (χ4v) is 2.82. The van der Waals surface area contributed by atoms with Crippen molar-refractivity contribution in [1.82, 2.24) is 15.6 Å². The summed E-state index contributed by atoms with van der Waals surface area (Å²) in [5.74, 6) is -1.86. The molecule has 8 heteroatoms. The van der Waals surface area contributed by atoms with Crippen LogP contribution in [0.5, 0.6) is 0 Å². The topological polar surface area (TPSA) is 121 Å². The molecule has 0 aliphatic rings. The third-order valence-electron chi connectivity index (χ3n) is 4.29. The van der Waals surface area contributed by atoms with Gasteiger partial charge in [0.05, 0.1) is 7.11 Å². The molecule has 1 aromatic heterocycles. The van der Waals surface area contributed by atoms with Gasteiger partial charge in [-0.05, 0) is 18.1 Å². The zero-order chi connectivity index (χ0) is 20.7. The van der Waals surface area contributed by atoms with Gasteiger partial charge in [0.15, 0.2) is 1.41 Å². The van der Waals surface area contributed by atoms with E-state index in [4.69, 9.17) is 1.41 Å². The highest BCUT2D eigenvalue weighted by Gasteiger charge is 2.27. The second-order valence-electron chi connectivity index (χ2n) is 6.22. The van der Waals surface area contributed by atoms with E-state index in [1.807, 2.05) is 31.2 Å². The number of rotatable bonds is 9. The highest BCUT2D eigenvalue weighted by molar-refractivity contribution is 5.90. The fourth-order valence-electron chi connectivity index (χ4n) is 2.82. The zero-order valence-corrected chi connectivity index (χ0v) is 15.4. The molecule has 0 aliphatic heterocycles. The van der Waals surface area contributed by atoms with Gasteiger partial charge in [-0.1, -0.05) is 38.0 Å². The molecule has 0 aliphatic carbocycles. The van der Waals surface area contributed by atoms with Crippen LogP contribution in [0.15, 0.2) is 30.5 Å². The Morgan fingerprint density at radius 2 is 2.04 bits per heavy atom. The summed E-state index contributed by atoms with van der Waals surface area (Å²) in [5, 5.41) is 13.1. The van der Waals surface area contributed by atoms with Crippen molar-refractivity contribution in [3.05, 3.63) is 36.0 Å². The molecule has 0 saturated carbocycles. The van der Waals surface area contributed by atoms with Crippen LogP contribution >= 0.6 is 0 Å². The number of benzene rings is 1. The van der Waals surface area contributed by atoms with Gasteiger partial charge in [-0.25, -0.2) is 9.59 Å². The number of amides is 2. The summed E-state index contributed by atoms with van der Waals surface area (Å²) in [7, 11) is 1.12. The Labute approximate surface area is 158 Å². The van der Waals surface area contributed by atoms with Gasteiger partial charge in [0, 0.05) is 23.5 Å². The Balaban J connectivity index is 2.26. The maximum Gasteiger partial charge on any atom is 0.407 e. The minimum atomic E-state index is -1.24. The average molecular weight is 376 g/mol. The minimum absolute atomic E-state index is 0.0363. The first kappa shape index (κ1) is 18.8. The molecule has 0 unspecified atom stereocenters. The van der Waals surface area contributed by atoms with Gasteiger partial charge >= 0.3 is 12.1 Å². The Hall–Kier alpha value is -3.03. The van der Waals surface area contributed by atoms with E-state index in [1.54, 1.807) is 6.20 Å². The first-order valence-corrected chi connectivity index (χ1v) is 8.83. The second-order valence-corrected chi connectivity index (χ2v) is 6.22. The molecule has 8 nitrogen and oxygen atoms in total. The van der Waals surface area contributed by atoms with Crippen LogP contribution in [0.3, 0.4) is 0 Å². The van der Waals surface area contributed by atoms with Crippen molar-refractivity contribution in [2.24, 2.45) is 0 Å². The Morgan fingerprint density at radius 3 is 2.70 bits per heavy atom. The number of hydrogen-bond acceptors (Lipinski definition) is 4. The van der Waals surface area contributed by atoms with Gasteiger partial charge in [0.2, 0.25) is 5.91 Å². The lowest BCUT2D eigenvalue weighted by atomic mass is 10.0. The maximum atomic E-state index is 12.8. The third kappa shape index (κ3) is 5.47. The molecule has 2 amide bonds. The van der Waals surface area contributed by atoms with Crippen molar-refractivity contribution in [3.63, 3.8) is 0 Å². The number of aromatic nitrogens is 1. The Morgan fingerprint density at radius 1 is 1.30 bits per heavy atom. The number of para-hydroxylation sites is 1. The van der Waals surface area contributed by atoms with Crippen LogP contribution < -0.4 is 10.6 Å². The van der Waals surface area contributed by atoms with Crippen LogP contribution in [0, 0.1) is 0 Å². The average Bonchev–Trinajstić information content (AvgIpc) is 3.10. The first-order valence-electron chi connectivity index (χ1n) is 9.28. The highest BCUT2D eigenvalue weighted by atomic mass is 16.5. The van der Waals surface area contributed by atoms with Crippen molar-refractivity contribution in [2.75, 3.05) is 7.11 Å². The first-order chi connectivity index (χ1) is 13.4. The number of carbonyl (C=O) groups is 3. The monoisotopic (exact) mass is 376 g/mol. The summed E-state index contributed by atoms with van der Waals surface area (Å²) < 4.78 is 12.6. The van der Waals surface area contributed by atoms with Crippen LogP contribution in [-0.2, 0) is 20.7 Å². The van der Waals surface area contributed by atoms with E-state index in [2.05, 4.69) is 15.0 Å².